The average Bonchev–Trinajstić information content (AvgIpc) is 3.14. The molecule has 0 aliphatic carbocycles. The van der Waals surface area contributed by atoms with Crippen molar-refractivity contribution in [2.45, 2.75) is 33.3 Å². The first-order chi connectivity index (χ1) is 15.8. The third-order valence-corrected chi connectivity index (χ3v) is 6.82. The number of esters is 1. The molecule has 2 aromatic heterocycles. The number of piperidine rings is 1. The standard InChI is InChI=1S/C22H30N4O6S/c1-6-32-22(29)14-7-9-26(10-8-14)16(27)11-25(3)21(28)18-13(2)17-19(31-5)23-15(12-30-4)24-20(17)33-18/h14H,6-12H2,1-5H3. The van der Waals surface area contributed by atoms with E-state index >= 15 is 0 Å². The van der Waals surface area contributed by atoms with Crippen LogP contribution >= 0.6 is 11.3 Å². The van der Waals surface area contributed by atoms with Gasteiger partial charge in [0.05, 0.1) is 36.4 Å². The fourth-order valence-corrected chi connectivity index (χ4v) is 5.05. The Morgan fingerprint density at radius 2 is 1.88 bits per heavy atom. The molecule has 0 spiro atoms. The summed E-state index contributed by atoms with van der Waals surface area (Å²) in [6.45, 7) is 5.09. The highest BCUT2D eigenvalue weighted by Gasteiger charge is 2.30. The molecule has 0 N–H and O–H groups in total. The van der Waals surface area contributed by atoms with Crippen molar-refractivity contribution in [3.05, 3.63) is 16.3 Å². The van der Waals surface area contributed by atoms with Crippen molar-refractivity contribution in [2.75, 3.05) is 47.5 Å². The molecular formula is C22H30N4O6S. The van der Waals surface area contributed by atoms with Gasteiger partial charge in [-0.15, -0.1) is 11.3 Å². The van der Waals surface area contributed by atoms with Gasteiger partial charge in [-0.1, -0.05) is 0 Å². The summed E-state index contributed by atoms with van der Waals surface area (Å²) in [4.78, 5) is 50.9. The molecule has 11 heteroatoms. The summed E-state index contributed by atoms with van der Waals surface area (Å²) in [6.07, 6.45) is 1.14. The van der Waals surface area contributed by atoms with Gasteiger partial charge in [0.15, 0.2) is 5.82 Å². The Balaban J connectivity index is 1.69. The fraction of sp³-hybridized carbons (Fsp3) is 0.591. The van der Waals surface area contributed by atoms with Crippen molar-refractivity contribution < 1.29 is 28.6 Å². The van der Waals surface area contributed by atoms with Crippen LogP contribution < -0.4 is 4.74 Å². The van der Waals surface area contributed by atoms with Crippen molar-refractivity contribution in [3.63, 3.8) is 0 Å². The van der Waals surface area contributed by atoms with E-state index in [0.717, 1.165) is 5.56 Å². The summed E-state index contributed by atoms with van der Waals surface area (Å²) in [5, 5.41) is 0.687. The third-order valence-electron chi connectivity index (χ3n) is 5.65. The molecule has 3 heterocycles. The van der Waals surface area contributed by atoms with Crippen LogP contribution in [0.3, 0.4) is 0 Å². The lowest BCUT2D eigenvalue weighted by atomic mass is 9.97. The molecular weight excluding hydrogens is 448 g/mol. The number of fused-ring (bicyclic) bond motifs is 1. The van der Waals surface area contributed by atoms with E-state index in [1.807, 2.05) is 6.92 Å². The van der Waals surface area contributed by atoms with Gasteiger partial charge in [0.2, 0.25) is 11.8 Å². The van der Waals surface area contributed by atoms with Gasteiger partial charge in [-0.25, -0.2) is 4.98 Å². The van der Waals surface area contributed by atoms with Crippen LogP contribution in [0.15, 0.2) is 0 Å². The van der Waals surface area contributed by atoms with Crippen LogP contribution in [0.4, 0.5) is 0 Å². The quantitative estimate of drug-likeness (QED) is 0.530. The third kappa shape index (κ3) is 5.41. The molecule has 0 atom stereocenters. The molecule has 180 valence electrons. The highest BCUT2D eigenvalue weighted by molar-refractivity contribution is 7.20. The maximum absolute atomic E-state index is 13.2. The van der Waals surface area contributed by atoms with Crippen molar-refractivity contribution in [1.29, 1.82) is 0 Å². The van der Waals surface area contributed by atoms with Crippen LogP contribution in [0.2, 0.25) is 0 Å². The minimum Gasteiger partial charge on any atom is -0.480 e. The molecule has 1 aliphatic heterocycles. The van der Waals surface area contributed by atoms with Gasteiger partial charge in [0.25, 0.3) is 5.91 Å². The predicted molar refractivity (Wildman–Crippen MR) is 122 cm³/mol. The van der Waals surface area contributed by atoms with Gasteiger partial charge in [0, 0.05) is 27.2 Å². The number of likely N-dealkylation sites (N-methyl/N-ethyl adjacent to an activating group) is 1. The Morgan fingerprint density at radius 3 is 2.48 bits per heavy atom. The number of aryl methyl sites for hydroxylation is 1. The number of nitrogens with zero attached hydrogens (tertiary/aromatic N) is 4. The lowest BCUT2D eigenvalue weighted by Gasteiger charge is -2.32. The van der Waals surface area contributed by atoms with Gasteiger partial charge in [0.1, 0.15) is 11.4 Å². The minimum absolute atomic E-state index is 0.0473. The number of amides is 2. The molecule has 0 aromatic carbocycles. The predicted octanol–water partition coefficient (Wildman–Crippen LogP) is 2.03. The molecule has 0 bridgehead atoms. The molecule has 0 radical (unpaired) electrons. The number of rotatable bonds is 8. The summed E-state index contributed by atoms with van der Waals surface area (Å²) in [5.74, 6) is 0.0742. The van der Waals surface area contributed by atoms with Crippen LogP contribution in [0.25, 0.3) is 10.2 Å². The highest BCUT2D eigenvalue weighted by atomic mass is 32.1. The highest BCUT2D eigenvalue weighted by Crippen LogP contribution is 2.35. The van der Waals surface area contributed by atoms with E-state index in [9.17, 15) is 14.4 Å². The molecule has 2 amide bonds. The molecule has 0 saturated carbocycles. The number of aromatic nitrogens is 2. The number of methoxy groups -OCH3 is 2. The van der Waals surface area contributed by atoms with E-state index < -0.39 is 0 Å². The Bertz CT molecular complexity index is 1030. The Morgan fingerprint density at radius 1 is 1.18 bits per heavy atom. The monoisotopic (exact) mass is 478 g/mol. The Kier molecular flexibility index (Phi) is 8.20. The Hall–Kier alpha value is -2.79. The molecule has 1 fully saturated rings. The maximum atomic E-state index is 13.2. The molecule has 0 unspecified atom stereocenters. The first-order valence-electron chi connectivity index (χ1n) is 10.8. The van der Waals surface area contributed by atoms with Crippen molar-refractivity contribution >= 4 is 39.3 Å². The second-order valence-corrected chi connectivity index (χ2v) is 8.89. The van der Waals surface area contributed by atoms with E-state index in [-0.39, 0.29) is 36.9 Å². The van der Waals surface area contributed by atoms with Gasteiger partial charge < -0.3 is 24.0 Å². The zero-order chi connectivity index (χ0) is 24.1. The minimum atomic E-state index is -0.263. The smallest absolute Gasteiger partial charge is 0.309 e. The average molecular weight is 479 g/mol. The van der Waals surface area contributed by atoms with Crippen LogP contribution in [0, 0.1) is 12.8 Å². The number of carbonyl (C=O) groups is 3. The lowest BCUT2D eigenvalue weighted by molar-refractivity contribution is -0.151. The summed E-state index contributed by atoms with van der Waals surface area (Å²) in [5.41, 5.74) is 0.718. The zero-order valence-corrected chi connectivity index (χ0v) is 20.5. The molecule has 10 nitrogen and oxygen atoms in total. The normalized spacial score (nSPS) is 14.4. The van der Waals surface area contributed by atoms with E-state index in [0.29, 0.717) is 59.3 Å². The summed E-state index contributed by atoms with van der Waals surface area (Å²) in [7, 11) is 4.68. The van der Waals surface area contributed by atoms with Crippen LogP contribution in [-0.4, -0.2) is 85.1 Å². The van der Waals surface area contributed by atoms with Crippen molar-refractivity contribution in [2.24, 2.45) is 5.92 Å². The van der Waals surface area contributed by atoms with Crippen LogP contribution in [-0.2, 0) is 25.7 Å². The largest absolute Gasteiger partial charge is 0.480 e. The summed E-state index contributed by atoms with van der Waals surface area (Å²) >= 11 is 1.25. The lowest BCUT2D eigenvalue weighted by Crippen LogP contribution is -2.45. The fourth-order valence-electron chi connectivity index (χ4n) is 3.86. The molecule has 1 saturated heterocycles. The maximum Gasteiger partial charge on any atom is 0.309 e. The van der Waals surface area contributed by atoms with Gasteiger partial charge in [-0.05, 0) is 32.3 Å². The first-order valence-corrected chi connectivity index (χ1v) is 11.6. The number of thiophene rings is 1. The molecule has 2 aromatic rings. The van der Waals surface area contributed by atoms with Gasteiger partial charge in [-0.2, -0.15) is 4.98 Å². The number of hydrogen-bond donors (Lipinski definition) is 0. The van der Waals surface area contributed by atoms with Crippen LogP contribution in [0.5, 0.6) is 5.88 Å². The van der Waals surface area contributed by atoms with E-state index in [4.69, 9.17) is 14.2 Å². The van der Waals surface area contributed by atoms with Gasteiger partial charge in [-0.3, -0.25) is 14.4 Å². The number of likely N-dealkylation sites (tertiary alicyclic amines) is 1. The van der Waals surface area contributed by atoms with Crippen LogP contribution in [0.1, 0.15) is 40.8 Å². The van der Waals surface area contributed by atoms with Gasteiger partial charge >= 0.3 is 5.97 Å². The summed E-state index contributed by atoms with van der Waals surface area (Å²) < 4.78 is 15.6. The Labute approximate surface area is 196 Å². The summed E-state index contributed by atoms with van der Waals surface area (Å²) in [6, 6.07) is 0. The molecule has 33 heavy (non-hydrogen) atoms. The van der Waals surface area contributed by atoms with E-state index in [2.05, 4.69) is 9.97 Å². The second-order valence-electron chi connectivity index (χ2n) is 7.89. The van der Waals surface area contributed by atoms with Crippen molar-refractivity contribution in [1.82, 2.24) is 19.8 Å². The molecule has 3 rings (SSSR count). The van der Waals surface area contributed by atoms with Crippen molar-refractivity contribution in [3.8, 4) is 5.88 Å². The molecule has 1 aliphatic rings. The van der Waals surface area contributed by atoms with E-state index in [1.165, 1.54) is 23.3 Å². The number of ether oxygens (including phenoxy) is 3. The van der Waals surface area contributed by atoms with E-state index in [1.54, 1.807) is 26.0 Å². The topological polar surface area (TPSA) is 111 Å². The zero-order valence-electron chi connectivity index (χ0n) is 19.7. The number of carbonyl (C=O) groups excluding carboxylic acids is 3. The number of hydrogen-bond acceptors (Lipinski definition) is 9. The SMILES string of the molecule is CCOC(=O)C1CCN(C(=O)CN(C)C(=O)c2sc3nc(COC)nc(OC)c3c2C)CC1. The second kappa shape index (κ2) is 10.9. The first kappa shape index (κ1) is 24.8.